The third-order valence-corrected chi connectivity index (χ3v) is 6.09. The number of hydrogen-bond donors (Lipinski definition) is 2. The minimum atomic E-state index is -4.46. The normalized spacial score (nSPS) is 27.7. The molecule has 0 radical (unpaired) electrons. The second-order valence-electron chi connectivity index (χ2n) is 7.19. The van der Waals surface area contributed by atoms with E-state index >= 15 is 0 Å². The zero-order valence-electron chi connectivity index (χ0n) is 14.4. The molecule has 3 aliphatic rings. The average Bonchev–Trinajstić information content (AvgIpc) is 2.62. The van der Waals surface area contributed by atoms with Gasteiger partial charge < -0.3 is 10.0 Å². The Hall–Kier alpha value is -1.88. The van der Waals surface area contributed by atoms with Gasteiger partial charge in [-0.15, -0.1) is 0 Å². The summed E-state index contributed by atoms with van der Waals surface area (Å²) < 4.78 is 41.6. The molecule has 3 fully saturated rings. The van der Waals surface area contributed by atoms with Crippen LogP contribution < -0.4 is 10.0 Å². The van der Waals surface area contributed by atoms with Crippen LogP contribution in [0.25, 0.3) is 0 Å². The summed E-state index contributed by atoms with van der Waals surface area (Å²) in [6.45, 7) is 0. The minimum absolute atomic E-state index is 0.152. The van der Waals surface area contributed by atoms with E-state index < -0.39 is 11.7 Å². The van der Waals surface area contributed by atoms with Crippen LogP contribution in [-0.4, -0.2) is 17.7 Å². The molecule has 1 aromatic rings. The van der Waals surface area contributed by atoms with Crippen LogP contribution in [0, 0.1) is 16.7 Å². The van der Waals surface area contributed by atoms with Gasteiger partial charge in [0, 0.05) is 11.8 Å². The Morgan fingerprint density at radius 1 is 1.19 bits per heavy atom. The number of nitrogens with one attached hydrogen (secondary N) is 2. The van der Waals surface area contributed by atoms with Gasteiger partial charge in [0.1, 0.15) is 0 Å². The third kappa shape index (κ3) is 3.50. The number of nitrogens with zero attached hydrogens (tertiary/aromatic N) is 1. The Bertz CT molecular complexity index is 732. The van der Waals surface area contributed by atoms with Crippen LogP contribution in [0.5, 0.6) is 0 Å². The molecular formula is C18H20F3N3OS. The molecule has 2 N–H and O–H groups in total. The molecule has 0 saturated heterocycles. The van der Waals surface area contributed by atoms with Gasteiger partial charge in [-0.3, -0.25) is 4.79 Å². The highest BCUT2D eigenvalue weighted by Crippen LogP contribution is 2.52. The summed E-state index contributed by atoms with van der Waals surface area (Å²) in [5.41, 5.74) is -1.05. The topological polar surface area (TPSA) is 64.9 Å². The molecule has 0 spiro atoms. The highest BCUT2D eigenvalue weighted by molar-refractivity contribution is 7.99. The Morgan fingerprint density at radius 3 is 2.31 bits per heavy atom. The first kappa shape index (κ1) is 18.9. The van der Waals surface area contributed by atoms with E-state index in [2.05, 4.69) is 16.1 Å². The Kier molecular flexibility index (Phi) is 4.86. The Morgan fingerprint density at radius 2 is 1.81 bits per heavy atom. The summed E-state index contributed by atoms with van der Waals surface area (Å²) in [4.78, 5) is 12.8. The quantitative estimate of drug-likeness (QED) is 0.737. The van der Waals surface area contributed by atoms with Crippen LogP contribution in [0.3, 0.4) is 0 Å². The van der Waals surface area contributed by atoms with E-state index in [0.29, 0.717) is 0 Å². The summed E-state index contributed by atoms with van der Waals surface area (Å²) in [7, 11) is 0. The molecule has 0 unspecified atom stereocenters. The lowest BCUT2D eigenvalue weighted by Crippen LogP contribution is -2.56. The number of benzene rings is 1. The second kappa shape index (κ2) is 6.69. The molecule has 3 aliphatic carbocycles. The number of carbonyl (C=O) groups is 1. The van der Waals surface area contributed by atoms with Crippen molar-refractivity contribution in [3.63, 3.8) is 0 Å². The molecule has 3 saturated carbocycles. The fraction of sp³-hybridized carbons (Fsp3) is 0.556. The lowest BCUT2D eigenvalue weighted by atomic mass is 9.58. The van der Waals surface area contributed by atoms with E-state index in [1.54, 1.807) is 6.26 Å². The minimum Gasteiger partial charge on any atom is -0.347 e. The Balaban J connectivity index is 1.81. The van der Waals surface area contributed by atoms with Gasteiger partial charge in [-0.05, 0) is 56.7 Å². The summed E-state index contributed by atoms with van der Waals surface area (Å²) in [6, 6.07) is 5.54. The van der Waals surface area contributed by atoms with Gasteiger partial charge in [0.25, 0.3) is 5.91 Å². The zero-order chi connectivity index (χ0) is 19.0. The molecule has 2 bridgehead atoms. The fourth-order valence-electron chi connectivity index (χ4n) is 3.96. The predicted octanol–water partition coefficient (Wildman–Crippen LogP) is 4.74. The van der Waals surface area contributed by atoms with Crippen molar-refractivity contribution in [2.24, 2.45) is 5.41 Å². The Labute approximate surface area is 154 Å². The highest BCUT2D eigenvalue weighted by atomic mass is 32.2. The predicted molar refractivity (Wildman–Crippen MR) is 94.5 cm³/mol. The molecule has 0 aromatic heterocycles. The molecule has 26 heavy (non-hydrogen) atoms. The summed E-state index contributed by atoms with van der Waals surface area (Å²) in [5.74, 6) is -0.373. The van der Waals surface area contributed by atoms with Gasteiger partial charge in [-0.1, -0.05) is 11.9 Å². The molecule has 0 atom stereocenters. The lowest BCUT2D eigenvalue weighted by molar-refractivity contribution is -0.137. The van der Waals surface area contributed by atoms with Crippen molar-refractivity contribution in [3.8, 4) is 6.07 Å². The van der Waals surface area contributed by atoms with Gasteiger partial charge in [0.05, 0.1) is 28.3 Å². The lowest BCUT2D eigenvalue weighted by Gasteiger charge is -2.50. The van der Waals surface area contributed by atoms with Crippen LogP contribution in [-0.2, 0) is 6.18 Å². The van der Waals surface area contributed by atoms with E-state index in [4.69, 9.17) is 0 Å². The molecular weight excluding hydrogens is 363 g/mol. The monoisotopic (exact) mass is 383 g/mol. The van der Waals surface area contributed by atoms with Crippen molar-refractivity contribution in [3.05, 3.63) is 29.3 Å². The molecule has 0 heterocycles. The summed E-state index contributed by atoms with van der Waals surface area (Å²) >= 11 is 1.13. The molecule has 1 amide bonds. The molecule has 1 aromatic carbocycles. The van der Waals surface area contributed by atoms with Gasteiger partial charge in [0.2, 0.25) is 0 Å². The molecule has 4 nitrogen and oxygen atoms in total. The SMILES string of the molecule is CSNc1cc(C(F)(F)F)ccc1C(=O)NC12CCC(C#N)(CC1)CC2. The van der Waals surface area contributed by atoms with E-state index in [0.717, 1.165) is 62.6 Å². The van der Waals surface area contributed by atoms with Crippen LogP contribution in [0.1, 0.15) is 54.4 Å². The average molecular weight is 383 g/mol. The molecule has 8 heteroatoms. The first-order chi connectivity index (χ1) is 12.2. The molecule has 140 valence electrons. The first-order valence-electron chi connectivity index (χ1n) is 8.47. The number of rotatable bonds is 4. The largest absolute Gasteiger partial charge is 0.416 e. The van der Waals surface area contributed by atoms with Crippen LogP contribution >= 0.6 is 11.9 Å². The maximum absolute atomic E-state index is 12.9. The number of carbonyl (C=O) groups excluding carboxylic acids is 1. The van der Waals surface area contributed by atoms with Crippen molar-refractivity contribution < 1.29 is 18.0 Å². The summed E-state index contributed by atoms with van der Waals surface area (Å²) in [5, 5.41) is 12.4. The summed E-state index contributed by atoms with van der Waals surface area (Å²) in [6.07, 6.45) is 1.70. The van der Waals surface area contributed by atoms with Crippen LogP contribution in [0.4, 0.5) is 18.9 Å². The number of alkyl halides is 3. The smallest absolute Gasteiger partial charge is 0.347 e. The van der Waals surface area contributed by atoms with E-state index in [9.17, 15) is 23.2 Å². The van der Waals surface area contributed by atoms with Gasteiger partial charge >= 0.3 is 6.18 Å². The van der Waals surface area contributed by atoms with E-state index in [-0.39, 0.29) is 28.1 Å². The number of hydrogen-bond acceptors (Lipinski definition) is 4. The van der Waals surface area contributed by atoms with Gasteiger partial charge in [0.15, 0.2) is 0 Å². The van der Waals surface area contributed by atoms with Crippen molar-refractivity contribution in [1.29, 1.82) is 5.26 Å². The van der Waals surface area contributed by atoms with E-state index in [1.165, 1.54) is 6.07 Å². The van der Waals surface area contributed by atoms with Crippen molar-refractivity contribution in [2.45, 2.75) is 50.2 Å². The maximum atomic E-state index is 12.9. The highest BCUT2D eigenvalue weighted by Gasteiger charge is 2.49. The fourth-order valence-corrected chi connectivity index (χ4v) is 4.35. The van der Waals surface area contributed by atoms with Gasteiger partial charge in [-0.2, -0.15) is 18.4 Å². The van der Waals surface area contributed by atoms with Crippen molar-refractivity contribution >= 4 is 23.5 Å². The first-order valence-corrected chi connectivity index (χ1v) is 9.69. The van der Waals surface area contributed by atoms with E-state index in [1.807, 2.05) is 0 Å². The number of fused-ring (bicyclic) bond motifs is 3. The van der Waals surface area contributed by atoms with Crippen LogP contribution in [0.2, 0.25) is 0 Å². The van der Waals surface area contributed by atoms with Crippen LogP contribution in [0.15, 0.2) is 18.2 Å². The molecule has 0 aliphatic heterocycles. The second-order valence-corrected chi connectivity index (χ2v) is 7.80. The third-order valence-electron chi connectivity index (χ3n) is 5.67. The van der Waals surface area contributed by atoms with Crippen molar-refractivity contribution in [1.82, 2.24) is 5.32 Å². The zero-order valence-corrected chi connectivity index (χ0v) is 15.2. The number of anilines is 1. The standard InChI is InChI=1S/C18H20F3N3OS/c1-26-24-14-10-12(18(19,20)21)2-3-13(14)15(25)23-17-7-4-16(11-22,5-8-17)6-9-17/h2-3,10,24H,4-9H2,1H3,(H,23,25). The number of amides is 1. The van der Waals surface area contributed by atoms with Crippen molar-refractivity contribution in [2.75, 3.05) is 11.0 Å². The number of halogens is 3. The maximum Gasteiger partial charge on any atom is 0.416 e. The number of nitriles is 1. The molecule has 4 rings (SSSR count). The van der Waals surface area contributed by atoms with Gasteiger partial charge in [-0.25, -0.2) is 0 Å².